The normalized spacial score (nSPS) is 21.8. The number of benzene rings is 1. The van der Waals surface area contributed by atoms with Gasteiger partial charge in [0.25, 0.3) is 0 Å². The fourth-order valence-electron chi connectivity index (χ4n) is 1.35. The van der Waals surface area contributed by atoms with Crippen LogP contribution in [0.25, 0.3) is 0 Å². The SMILES string of the molecule is NC1NCc2ccc(Cl)cc21. The number of nitrogens with one attached hydrogen (secondary N) is 1. The van der Waals surface area contributed by atoms with Crippen LogP contribution in [-0.4, -0.2) is 0 Å². The summed E-state index contributed by atoms with van der Waals surface area (Å²) in [5, 5.41) is 3.88. The van der Waals surface area contributed by atoms with Gasteiger partial charge in [0, 0.05) is 11.6 Å². The quantitative estimate of drug-likeness (QED) is 0.615. The van der Waals surface area contributed by atoms with E-state index in [1.807, 2.05) is 18.2 Å². The Kier molecular flexibility index (Phi) is 1.60. The predicted molar refractivity (Wildman–Crippen MR) is 45.2 cm³/mol. The Labute approximate surface area is 70.3 Å². The van der Waals surface area contributed by atoms with Crippen LogP contribution in [0, 0.1) is 0 Å². The summed E-state index contributed by atoms with van der Waals surface area (Å²) in [5.41, 5.74) is 8.12. The molecule has 1 aliphatic heterocycles. The average molecular weight is 169 g/mol. The lowest BCUT2D eigenvalue weighted by molar-refractivity contribution is 0.607. The Bertz CT molecular complexity index is 285. The van der Waals surface area contributed by atoms with E-state index in [1.54, 1.807) is 0 Å². The van der Waals surface area contributed by atoms with Gasteiger partial charge < -0.3 is 5.73 Å². The summed E-state index contributed by atoms with van der Waals surface area (Å²) in [5.74, 6) is 0. The Morgan fingerprint density at radius 3 is 3.18 bits per heavy atom. The van der Waals surface area contributed by atoms with E-state index in [2.05, 4.69) is 5.32 Å². The van der Waals surface area contributed by atoms with Gasteiger partial charge in [0.1, 0.15) is 0 Å². The fourth-order valence-corrected chi connectivity index (χ4v) is 1.53. The highest BCUT2D eigenvalue weighted by molar-refractivity contribution is 6.30. The zero-order chi connectivity index (χ0) is 7.84. The molecule has 1 aliphatic rings. The number of nitrogens with two attached hydrogens (primary N) is 1. The summed E-state index contributed by atoms with van der Waals surface area (Å²) in [4.78, 5) is 0. The molecule has 11 heavy (non-hydrogen) atoms. The molecule has 0 spiro atoms. The number of hydrogen-bond acceptors (Lipinski definition) is 2. The van der Waals surface area contributed by atoms with E-state index in [0.29, 0.717) is 0 Å². The molecule has 2 rings (SSSR count). The number of fused-ring (bicyclic) bond motifs is 1. The van der Waals surface area contributed by atoms with Crippen LogP contribution in [0.2, 0.25) is 5.02 Å². The molecule has 0 saturated carbocycles. The molecule has 0 saturated heterocycles. The van der Waals surface area contributed by atoms with Gasteiger partial charge in [-0.1, -0.05) is 17.7 Å². The fraction of sp³-hybridized carbons (Fsp3) is 0.250. The molecule has 3 heteroatoms. The number of rotatable bonds is 0. The molecule has 1 unspecified atom stereocenters. The van der Waals surface area contributed by atoms with Crippen molar-refractivity contribution in [3.63, 3.8) is 0 Å². The minimum absolute atomic E-state index is 0.0382. The van der Waals surface area contributed by atoms with Crippen LogP contribution in [0.3, 0.4) is 0 Å². The largest absolute Gasteiger partial charge is 0.312 e. The lowest BCUT2D eigenvalue weighted by Crippen LogP contribution is -2.20. The van der Waals surface area contributed by atoms with Gasteiger partial charge >= 0.3 is 0 Å². The van der Waals surface area contributed by atoms with E-state index in [1.165, 1.54) is 5.56 Å². The first-order valence-corrected chi connectivity index (χ1v) is 3.92. The van der Waals surface area contributed by atoms with Crippen molar-refractivity contribution in [2.45, 2.75) is 12.7 Å². The van der Waals surface area contributed by atoms with E-state index in [0.717, 1.165) is 17.1 Å². The van der Waals surface area contributed by atoms with Crippen molar-refractivity contribution in [2.24, 2.45) is 5.73 Å². The lowest BCUT2D eigenvalue weighted by atomic mass is 10.1. The molecule has 1 aromatic rings. The highest BCUT2D eigenvalue weighted by Crippen LogP contribution is 2.24. The molecule has 1 atom stereocenters. The highest BCUT2D eigenvalue weighted by atomic mass is 35.5. The lowest BCUT2D eigenvalue weighted by Gasteiger charge is -2.03. The third-order valence-corrected chi connectivity index (χ3v) is 2.19. The van der Waals surface area contributed by atoms with Gasteiger partial charge in [0.15, 0.2) is 0 Å². The summed E-state index contributed by atoms with van der Waals surface area (Å²) in [7, 11) is 0. The van der Waals surface area contributed by atoms with Crippen LogP contribution in [0.15, 0.2) is 18.2 Å². The average Bonchev–Trinajstić information content (AvgIpc) is 2.33. The third kappa shape index (κ3) is 1.13. The van der Waals surface area contributed by atoms with Gasteiger partial charge in [-0.2, -0.15) is 0 Å². The zero-order valence-electron chi connectivity index (χ0n) is 5.97. The summed E-state index contributed by atoms with van der Waals surface area (Å²) >= 11 is 5.81. The van der Waals surface area contributed by atoms with E-state index in [9.17, 15) is 0 Å². The van der Waals surface area contributed by atoms with Crippen LogP contribution in [0.1, 0.15) is 17.3 Å². The van der Waals surface area contributed by atoms with Gasteiger partial charge in [-0.25, -0.2) is 0 Å². The van der Waals surface area contributed by atoms with Gasteiger partial charge in [-0.15, -0.1) is 0 Å². The topological polar surface area (TPSA) is 38.0 Å². The van der Waals surface area contributed by atoms with E-state index in [-0.39, 0.29) is 6.17 Å². The monoisotopic (exact) mass is 168 g/mol. The summed E-state index contributed by atoms with van der Waals surface area (Å²) in [6.07, 6.45) is -0.0382. The van der Waals surface area contributed by atoms with E-state index in [4.69, 9.17) is 17.3 Å². The summed E-state index contributed by atoms with van der Waals surface area (Å²) in [6, 6.07) is 5.82. The first-order valence-electron chi connectivity index (χ1n) is 3.54. The number of hydrogen-bond donors (Lipinski definition) is 2. The Morgan fingerprint density at radius 1 is 1.55 bits per heavy atom. The maximum absolute atomic E-state index is 5.81. The van der Waals surface area contributed by atoms with Crippen molar-refractivity contribution in [1.29, 1.82) is 0 Å². The molecule has 3 N–H and O–H groups in total. The Hall–Kier alpha value is -0.570. The van der Waals surface area contributed by atoms with Crippen molar-refractivity contribution in [2.75, 3.05) is 0 Å². The van der Waals surface area contributed by atoms with Crippen molar-refractivity contribution in [3.05, 3.63) is 34.3 Å². The predicted octanol–water partition coefficient (Wildman–Crippen LogP) is 1.40. The molecule has 0 amide bonds. The maximum atomic E-state index is 5.81. The molecule has 2 nitrogen and oxygen atoms in total. The van der Waals surface area contributed by atoms with Crippen molar-refractivity contribution in [1.82, 2.24) is 5.32 Å². The zero-order valence-corrected chi connectivity index (χ0v) is 6.73. The molecule has 1 aromatic carbocycles. The molecule has 0 fully saturated rings. The standard InChI is InChI=1S/C8H9ClN2/c9-6-2-1-5-4-11-8(10)7(5)3-6/h1-3,8,11H,4,10H2. The van der Waals surface area contributed by atoms with E-state index >= 15 is 0 Å². The first-order chi connectivity index (χ1) is 5.27. The van der Waals surface area contributed by atoms with Gasteiger partial charge in [-0.05, 0) is 23.3 Å². The molecule has 1 heterocycles. The molecule has 0 radical (unpaired) electrons. The summed E-state index contributed by atoms with van der Waals surface area (Å²) in [6.45, 7) is 0.855. The van der Waals surface area contributed by atoms with Gasteiger partial charge in [0.05, 0.1) is 6.17 Å². The molecule has 0 aliphatic carbocycles. The van der Waals surface area contributed by atoms with Crippen LogP contribution < -0.4 is 11.1 Å². The van der Waals surface area contributed by atoms with Gasteiger partial charge in [-0.3, -0.25) is 5.32 Å². The molecular weight excluding hydrogens is 160 g/mol. The second kappa shape index (κ2) is 2.48. The number of halogens is 1. The van der Waals surface area contributed by atoms with Crippen LogP contribution in [0.4, 0.5) is 0 Å². The molecule has 0 bridgehead atoms. The van der Waals surface area contributed by atoms with Crippen molar-refractivity contribution >= 4 is 11.6 Å². The minimum Gasteiger partial charge on any atom is -0.312 e. The van der Waals surface area contributed by atoms with Crippen LogP contribution in [0.5, 0.6) is 0 Å². The Balaban J connectivity index is 2.52. The van der Waals surface area contributed by atoms with Crippen molar-refractivity contribution < 1.29 is 0 Å². The van der Waals surface area contributed by atoms with Crippen molar-refractivity contribution in [3.8, 4) is 0 Å². The summed E-state index contributed by atoms with van der Waals surface area (Å²) < 4.78 is 0. The molecule has 58 valence electrons. The second-order valence-corrected chi connectivity index (χ2v) is 3.14. The van der Waals surface area contributed by atoms with Gasteiger partial charge in [0.2, 0.25) is 0 Å². The maximum Gasteiger partial charge on any atom is 0.0816 e. The molecular formula is C8H9ClN2. The third-order valence-electron chi connectivity index (χ3n) is 1.96. The molecule has 0 aromatic heterocycles. The van der Waals surface area contributed by atoms with Crippen LogP contribution in [-0.2, 0) is 6.54 Å². The smallest absolute Gasteiger partial charge is 0.0816 e. The highest BCUT2D eigenvalue weighted by Gasteiger charge is 2.17. The van der Waals surface area contributed by atoms with E-state index < -0.39 is 0 Å². The first kappa shape index (κ1) is 7.10. The van der Waals surface area contributed by atoms with Crippen LogP contribution >= 0.6 is 11.6 Å². The Morgan fingerprint density at radius 2 is 2.36 bits per heavy atom. The second-order valence-electron chi connectivity index (χ2n) is 2.70. The minimum atomic E-state index is -0.0382.